The van der Waals surface area contributed by atoms with E-state index in [0.29, 0.717) is 6.42 Å². The number of rotatable bonds is 5. The molecule has 74 valence electrons. The molecule has 0 radical (unpaired) electrons. The normalized spacial score (nSPS) is 28.2. The van der Waals surface area contributed by atoms with Gasteiger partial charge in [0, 0.05) is 0 Å². The van der Waals surface area contributed by atoms with Gasteiger partial charge in [-0.2, -0.15) is 0 Å². The summed E-state index contributed by atoms with van der Waals surface area (Å²) < 4.78 is 4.90. The molecule has 0 amide bonds. The maximum Gasteiger partial charge on any atom is 0.186 e. The van der Waals surface area contributed by atoms with Gasteiger partial charge in [-0.3, -0.25) is 4.79 Å². The van der Waals surface area contributed by atoms with Crippen molar-refractivity contribution in [2.45, 2.75) is 25.0 Å². The molecule has 2 unspecified atom stereocenters. The van der Waals surface area contributed by atoms with Crippen LogP contribution < -0.4 is 5.73 Å². The Bertz CT molecular complexity index is 233. The van der Waals surface area contributed by atoms with E-state index in [2.05, 4.69) is 6.58 Å². The van der Waals surface area contributed by atoms with Crippen LogP contribution in [0.15, 0.2) is 12.2 Å². The number of nitrogens with two attached hydrogens (primary N) is 1. The van der Waals surface area contributed by atoms with Crippen molar-refractivity contribution in [3.8, 4) is 0 Å². The lowest BCUT2D eigenvalue weighted by atomic mass is 9.96. The first-order valence-corrected chi connectivity index (χ1v) is 4.21. The summed E-state index contributed by atoms with van der Waals surface area (Å²) in [5.41, 5.74) is 5.48. The second kappa shape index (κ2) is 3.57. The maximum atomic E-state index is 11.5. The largest absolute Gasteiger partial charge is 0.393 e. The van der Waals surface area contributed by atoms with Crippen LogP contribution in [0.2, 0.25) is 0 Å². The fourth-order valence-corrected chi connectivity index (χ4v) is 1.20. The van der Waals surface area contributed by atoms with Gasteiger partial charge in [-0.25, -0.2) is 0 Å². The number of hydrogen-bond donors (Lipinski definition) is 2. The summed E-state index contributed by atoms with van der Waals surface area (Å²) in [7, 11) is 0. The third kappa shape index (κ3) is 2.15. The van der Waals surface area contributed by atoms with Gasteiger partial charge < -0.3 is 15.6 Å². The van der Waals surface area contributed by atoms with Crippen LogP contribution in [-0.4, -0.2) is 35.7 Å². The van der Waals surface area contributed by atoms with E-state index in [1.807, 2.05) is 6.92 Å². The van der Waals surface area contributed by atoms with Crippen molar-refractivity contribution in [2.75, 3.05) is 13.2 Å². The molecule has 1 heterocycles. The van der Waals surface area contributed by atoms with E-state index in [-0.39, 0.29) is 19.0 Å². The van der Waals surface area contributed by atoms with Crippen molar-refractivity contribution in [1.82, 2.24) is 0 Å². The number of Topliss-reactive ketones (excluding diaryl/α,β-unsaturated/α-hetero) is 1. The Balaban J connectivity index is 2.52. The number of aliphatic hydroxyl groups excluding tert-OH is 1. The monoisotopic (exact) mass is 185 g/mol. The molecule has 1 saturated heterocycles. The summed E-state index contributed by atoms with van der Waals surface area (Å²) >= 11 is 0. The summed E-state index contributed by atoms with van der Waals surface area (Å²) in [5, 5.41) is 8.89. The van der Waals surface area contributed by atoms with E-state index in [0.717, 1.165) is 5.57 Å². The van der Waals surface area contributed by atoms with Crippen LogP contribution in [0.1, 0.15) is 13.3 Å². The fraction of sp³-hybridized carbons (Fsp3) is 0.667. The minimum absolute atomic E-state index is 0.224. The molecule has 4 heteroatoms. The first-order valence-electron chi connectivity index (χ1n) is 4.21. The third-order valence-electron chi connectivity index (χ3n) is 2.10. The fourth-order valence-electron chi connectivity index (χ4n) is 1.20. The summed E-state index contributed by atoms with van der Waals surface area (Å²) in [6.07, 6.45) is 0.448. The number of epoxide rings is 1. The van der Waals surface area contributed by atoms with Gasteiger partial charge in [0.1, 0.15) is 0 Å². The SMILES string of the molecule is C=C(C)CC(N)C(=O)C1(CO)CO1. The lowest BCUT2D eigenvalue weighted by molar-refractivity contribution is -0.126. The predicted octanol–water partition coefficient (Wildman–Crippen LogP) is -0.390. The topological polar surface area (TPSA) is 75.9 Å². The van der Waals surface area contributed by atoms with Crippen molar-refractivity contribution in [1.29, 1.82) is 0 Å². The van der Waals surface area contributed by atoms with E-state index in [1.54, 1.807) is 0 Å². The zero-order chi connectivity index (χ0) is 10.1. The molecule has 1 fully saturated rings. The van der Waals surface area contributed by atoms with Gasteiger partial charge in [0.25, 0.3) is 0 Å². The van der Waals surface area contributed by atoms with Gasteiger partial charge in [-0.15, -0.1) is 6.58 Å². The molecule has 0 aromatic heterocycles. The molecule has 0 aromatic rings. The Labute approximate surface area is 77.4 Å². The second-order valence-corrected chi connectivity index (χ2v) is 3.57. The average Bonchev–Trinajstić information content (AvgIpc) is 2.82. The molecule has 4 nitrogen and oxygen atoms in total. The summed E-state index contributed by atoms with van der Waals surface area (Å²) in [6.45, 7) is 5.48. The zero-order valence-electron chi connectivity index (χ0n) is 7.75. The first-order chi connectivity index (χ1) is 6.02. The Kier molecular flexibility index (Phi) is 2.85. The van der Waals surface area contributed by atoms with Crippen molar-refractivity contribution in [3.63, 3.8) is 0 Å². The molecule has 13 heavy (non-hydrogen) atoms. The number of aliphatic hydroxyl groups is 1. The van der Waals surface area contributed by atoms with Gasteiger partial charge in [0.2, 0.25) is 0 Å². The smallest absolute Gasteiger partial charge is 0.186 e. The van der Waals surface area contributed by atoms with E-state index in [9.17, 15) is 4.79 Å². The van der Waals surface area contributed by atoms with Crippen LogP contribution in [-0.2, 0) is 9.53 Å². The lowest BCUT2D eigenvalue weighted by Gasteiger charge is -2.14. The van der Waals surface area contributed by atoms with Crippen molar-refractivity contribution in [3.05, 3.63) is 12.2 Å². The number of ketones is 1. The Morgan fingerprint density at radius 3 is 2.69 bits per heavy atom. The highest BCUT2D eigenvalue weighted by Gasteiger charge is 2.52. The van der Waals surface area contributed by atoms with E-state index in [4.69, 9.17) is 15.6 Å². The predicted molar refractivity (Wildman–Crippen MR) is 48.2 cm³/mol. The first kappa shape index (κ1) is 10.4. The highest BCUT2D eigenvalue weighted by Crippen LogP contribution is 2.29. The molecule has 0 saturated carbocycles. The molecule has 2 atom stereocenters. The van der Waals surface area contributed by atoms with Crippen molar-refractivity contribution in [2.24, 2.45) is 5.73 Å². The molecule has 0 aromatic carbocycles. The van der Waals surface area contributed by atoms with Crippen molar-refractivity contribution >= 4 is 5.78 Å². The maximum absolute atomic E-state index is 11.5. The highest BCUT2D eigenvalue weighted by molar-refractivity contribution is 5.94. The third-order valence-corrected chi connectivity index (χ3v) is 2.10. The zero-order valence-corrected chi connectivity index (χ0v) is 7.75. The standard InChI is InChI=1S/C9H15NO3/c1-6(2)3-7(10)8(12)9(4-11)5-13-9/h7,11H,1,3-5,10H2,2H3. The number of ether oxygens (including phenoxy) is 1. The molecule has 0 aliphatic carbocycles. The van der Waals surface area contributed by atoms with Gasteiger partial charge in [-0.05, 0) is 13.3 Å². The number of hydrogen-bond acceptors (Lipinski definition) is 4. The number of carbonyl (C=O) groups excluding carboxylic acids is 1. The summed E-state index contributed by atoms with van der Waals surface area (Å²) in [6, 6.07) is -0.604. The quantitative estimate of drug-likeness (QED) is 0.452. The van der Waals surface area contributed by atoms with E-state index in [1.165, 1.54) is 0 Å². The molecule has 1 aliphatic heterocycles. The van der Waals surface area contributed by atoms with Gasteiger partial charge >= 0.3 is 0 Å². The summed E-state index contributed by atoms with van der Waals surface area (Å²) in [5.74, 6) is -0.224. The van der Waals surface area contributed by atoms with Gasteiger partial charge in [0.05, 0.1) is 19.3 Å². The molecule has 0 bridgehead atoms. The molecular weight excluding hydrogens is 170 g/mol. The van der Waals surface area contributed by atoms with Crippen LogP contribution in [0, 0.1) is 0 Å². The van der Waals surface area contributed by atoms with Crippen LogP contribution in [0.5, 0.6) is 0 Å². The molecule has 1 aliphatic rings. The minimum atomic E-state index is -0.991. The van der Waals surface area contributed by atoms with Crippen LogP contribution in [0.3, 0.4) is 0 Å². The van der Waals surface area contributed by atoms with Crippen LogP contribution >= 0.6 is 0 Å². The molecular formula is C9H15NO3. The molecule has 1 rings (SSSR count). The molecule has 0 spiro atoms. The van der Waals surface area contributed by atoms with Gasteiger partial charge in [-0.1, -0.05) is 5.57 Å². The van der Waals surface area contributed by atoms with Crippen LogP contribution in [0.25, 0.3) is 0 Å². The average molecular weight is 185 g/mol. The summed E-state index contributed by atoms with van der Waals surface area (Å²) in [4.78, 5) is 11.5. The Hall–Kier alpha value is -0.710. The van der Waals surface area contributed by atoms with E-state index >= 15 is 0 Å². The van der Waals surface area contributed by atoms with Crippen LogP contribution in [0.4, 0.5) is 0 Å². The Morgan fingerprint density at radius 1 is 1.85 bits per heavy atom. The minimum Gasteiger partial charge on any atom is -0.393 e. The van der Waals surface area contributed by atoms with Gasteiger partial charge in [0.15, 0.2) is 11.4 Å². The molecule has 3 N–H and O–H groups in total. The van der Waals surface area contributed by atoms with E-state index < -0.39 is 11.6 Å². The highest BCUT2D eigenvalue weighted by atomic mass is 16.6. The lowest BCUT2D eigenvalue weighted by Crippen LogP contribution is -2.43. The Morgan fingerprint density at radius 2 is 2.38 bits per heavy atom. The second-order valence-electron chi connectivity index (χ2n) is 3.57. The van der Waals surface area contributed by atoms with Crippen molar-refractivity contribution < 1.29 is 14.6 Å². The number of carbonyl (C=O) groups is 1.